The molecule has 1 aliphatic carbocycles. The van der Waals surface area contributed by atoms with Crippen molar-refractivity contribution in [1.29, 1.82) is 0 Å². The highest BCUT2D eigenvalue weighted by Crippen LogP contribution is 2.35. The lowest BCUT2D eigenvalue weighted by Crippen LogP contribution is -2.29. The maximum absolute atomic E-state index is 8.86. The van der Waals surface area contributed by atoms with E-state index >= 15 is 0 Å². The van der Waals surface area contributed by atoms with Crippen LogP contribution in [-0.4, -0.2) is 27.3 Å². The smallest absolute Gasteiger partial charge is 0.122 e. The van der Waals surface area contributed by atoms with Crippen LogP contribution >= 0.6 is 0 Å². The molecule has 4 heteroatoms. The molecule has 2 N–H and O–H groups in total. The SMILES string of the molecule is CC(CO)NCc1nccn1C1CC1. The van der Waals surface area contributed by atoms with Gasteiger partial charge in [0.1, 0.15) is 5.82 Å². The van der Waals surface area contributed by atoms with Crippen LogP contribution in [-0.2, 0) is 6.54 Å². The zero-order valence-electron chi connectivity index (χ0n) is 8.48. The summed E-state index contributed by atoms with van der Waals surface area (Å²) in [5.41, 5.74) is 0. The minimum Gasteiger partial charge on any atom is -0.395 e. The van der Waals surface area contributed by atoms with Crippen molar-refractivity contribution in [2.45, 2.75) is 38.4 Å². The second kappa shape index (κ2) is 4.11. The highest BCUT2D eigenvalue weighted by molar-refractivity contribution is 4.99. The highest BCUT2D eigenvalue weighted by Gasteiger charge is 2.25. The number of imidazole rings is 1. The molecule has 78 valence electrons. The zero-order chi connectivity index (χ0) is 9.97. The highest BCUT2D eigenvalue weighted by atomic mass is 16.3. The van der Waals surface area contributed by atoms with E-state index in [4.69, 9.17) is 5.11 Å². The summed E-state index contributed by atoms with van der Waals surface area (Å²) < 4.78 is 2.23. The third kappa shape index (κ3) is 2.13. The van der Waals surface area contributed by atoms with Crippen molar-refractivity contribution in [1.82, 2.24) is 14.9 Å². The van der Waals surface area contributed by atoms with Gasteiger partial charge < -0.3 is 15.0 Å². The van der Waals surface area contributed by atoms with Crippen molar-refractivity contribution in [3.63, 3.8) is 0 Å². The maximum atomic E-state index is 8.86. The second-order valence-corrected chi connectivity index (χ2v) is 3.95. The fourth-order valence-electron chi connectivity index (χ4n) is 1.50. The van der Waals surface area contributed by atoms with E-state index in [0.29, 0.717) is 6.04 Å². The molecule has 14 heavy (non-hydrogen) atoms. The Morgan fingerprint density at radius 2 is 2.50 bits per heavy atom. The van der Waals surface area contributed by atoms with E-state index in [1.54, 1.807) is 0 Å². The summed E-state index contributed by atoms with van der Waals surface area (Å²) in [7, 11) is 0. The van der Waals surface area contributed by atoms with E-state index in [0.717, 1.165) is 12.4 Å². The first-order chi connectivity index (χ1) is 6.81. The van der Waals surface area contributed by atoms with E-state index < -0.39 is 0 Å². The van der Waals surface area contributed by atoms with Crippen molar-refractivity contribution in [2.24, 2.45) is 0 Å². The van der Waals surface area contributed by atoms with Gasteiger partial charge in [0.05, 0.1) is 13.2 Å². The van der Waals surface area contributed by atoms with Gasteiger partial charge >= 0.3 is 0 Å². The van der Waals surface area contributed by atoms with Gasteiger partial charge in [-0.15, -0.1) is 0 Å². The molecule has 2 rings (SSSR count). The average Bonchev–Trinajstić information content (AvgIpc) is 2.94. The predicted molar refractivity (Wildman–Crippen MR) is 53.9 cm³/mol. The molecule has 1 saturated carbocycles. The van der Waals surface area contributed by atoms with Gasteiger partial charge in [-0.1, -0.05) is 0 Å². The second-order valence-electron chi connectivity index (χ2n) is 3.95. The van der Waals surface area contributed by atoms with E-state index in [9.17, 15) is 0 Å². The Kier molecular flexibility index (Phi) is 2.84. The molecule has 0 radical (unpaired) electrons. The van der Waals surface area contributed by atoms with Gasteiger partial charge in [-0.2, -0.15) is 0 Å². The molecule has 0 bridgehead atoms. The number of nitrogens with zero attached hydrogens (tertiary/aromatic N) is 2. The van der Waals surface area contributed by atoms with Gasteiger partial charge in [-0.3, -0.25) is 0 Å². The summed E-state index contributed by atoms with van der Waals surface area (Å²) in [6.07, 6.45) is 6.44. The molecule has 1 heterocycles. The van der Waals surface area contributed by atoms with Crippen molar-refractivity contribution < 1.29 is 5.11 Å². The molecule has 1 unspecified atom stereocenters. The third-order valence-corrected chi connectivity index (χ3v) is 2.57. The van der Waals surface area contributed by atoms with Gasteiger partial charge in [0.2, 0.25) is 0 Å². The number of aromatic nitrogens is 2. The molecule has 1 aromatic heterocycles. The number of aliphatic hydroxyl groups is 1. The lowest BCUT2D eigenvalue weighted by Gasteiger charge is -2.11. The Labute approximate surface area is 84.0 Å². The third-order valence-electron chi connectivity index (χ3n) is 2.57. The van der Waals surface area contributed by atoms with E-state index in [-0.39, 0.29) is 12.6 Å². The van der Waals surface area contributed by atoms with Crippen LogP contribution in [0.1, 0.15) is 31.6 Å². The van der Waals surface area contributed by atoms with Crippen LogP contribution in [0.4, 0.5) is 0 Å². The van der Waals surface area contributed by atoms with Crippen LogP contribution in [0, 0.1) is 0 Å². The number of rotatable bonds is 5. The lowest BCUT2D eigenvalue weighted by molar-refractivity contribution is 0.250. The number of nitrogens with one attached hydrogen (secondary N) is 1. The van der Waals surface area contributed by atoms with Crippen molar-refractivity contribution in [3.8, 4) is 0 Å². The van der Waals surface area contributed by atoms with Crippen molar-refractivity contribution in [2.75, 3.05) is 6.61 Å². The Bertz CT molecular complexity index is 293. The first kappa shape index (κ1) is 9.68. The van der Waals surface area contributed by atoms with Gasteiger partial charge in [0, 0.05) is 24.5 Å². The topological polar surface area (TPSA) is 50.1 Å². The largest absolute Gasteiger partial charge is 0.395 e. The molecule has 0 saturated heterocycles. The van der Waals surface area contributed by atoms with Gasteiger partial charge in [0.25, 0.3) is 0 Å². The molecule has 1 aromatic rings. The van der Waals surface area contributed by atoms with E-state index in [1.165, 1.54) is 12.8 Å². The molecule has 1 fully saturated rings. The molecule has 0 spiro atoms. The summed E-state index contributed by atoms with van der Waals surface area (Å²) in [6.45, 7) is 2.87. The van der Waals surface area contributed by atoms with Crippen LogP contribution in [0.25, 0.3) is 0 Å². The molecule has 0 aromatic carbocycles. The van der Waals surface area contributed by atoms with Crippen LogP contribution < -0.4 is 5.32 Å². The number of hydrogen-bond acceptors (Lipinski definition) is 3. The van der Waals surface area contributed by atoms with Crippen LogP contribution in [0.2, 0.25) is 0 Å². The molecule has 1 atom stereocenters. The number of aliphatic hydroxyl groups excluding tert-OH is 1. The van der Waals surface area contributed by atoms with Gasteiger partial charge in [0.15, 0.2) is 0 Å². The summed E-state index contributed by atoms with van der Waals surface area (Å²) >= 11 is 0. The van der Waals surface area contributed by atoms with Crippen LogP contribution in [0.15, 0.2) is 12.4 Å². The molecular formula is C10H17N3O. The summed E-state index contributed by atoms with van der Waals surface area (Å²) in [5, 5.41) is 12.1. The molecule has 1 aliphatic rings. The Morgan fingerprint density at radius 1 is 1.71 bits per heavy atom. The first-order valence-corrected chi connectivity index (χ1v) is 5.17. The Morgan fingerprint density at radius 3 is 3.14 bits per heavy atom. The molecule has 0 aliphatic heterocycles. The summed E-state index contributed by atoms with van der Waals surface area (Å²) in [4.78, 5) is 4.30. The standard InChI is InChI=1S/C10H17N3O/c1-8(7-14)12-6-10-11-4-5-13(10)9-2-3-9/h4-5,8-9,12,14H,2-3,6-7H2,1H3. The average molecular weight is 195 g/mol. The molecule has 4 nitrogen and oxygen atoms in total. The van der Waals surface area contributed by atoms with Gasteiger partial charge in [-0.25, -0.2) is 4.98 Å². The first-order valence-electron chi connectivity index (χ1n) is 5.17. The molecule has 0 amide bonds. The van der Waals surface area contributed by atoms with Crippen molar-refractivity contribution >= 4 is 0 Å². The van der Waals surface area contributed by atoms with Crippen LogP contribution in [0.3, 0.4) is 0 Å². The number of hydrogen-bond donors (Lipinski definition) is 2. The predicted octanol–water partition coefficient (Wildman–Crippen LogP) is 0.688. The zero-order valence-corrected chi connectivity index (χ0v) is 8.48. The van der Waals surface area contributed by atoms with Crippen LogP contribution in [0.5, 0.6) is 0 Å². The van der Waals surface area contributed by atoms with Crippen molar-refractivity contribution in [3.05, 3.63) is 18.2 Å². The van der Waals surface area contributed by atoms with E-state index in [1.807, 2.05) is 19.3 Å². The minimum absolute atomic E-state index is 0.138. The summed E-state index contributed by atoms with van der Waals surface area (Å²) in [5.74, 6) is 1.08. The Hall–Kier alpha value is -0.870. The fraction of sp³-hybridized carbons (Fsp3) is 0.700. The fourth-order valence-corrected chi connectivity index (χ4v) is 1.50. The Balaban J connectivity index is 1.91. The van der Waals surface area contributed by atoms with Gasteiger partial charge in [-0.05, 0) is 19.8 Å². The normalized spacial score (nSPS) is 18.4. The monoisotopic (exact) mass is 195 g/mol. The quantitative estimate of drug-likeness (QED) is 0.726. The maximum Gasteiger partial charge on any atom is 0.122 e. The lowest BCUT2D eigenvalue weighted by atomic mass is 10.3. The summed E-state index contributed by atoms with van der Waals surface area (Å²) in [6, 6.07) is 0.818. The minimum atomic E-state index is 0.138. The molecular weight excluding hydrogens is 178 g/mol. The van der Waals surface area contributed by atoms with E-state index in [2.05, 4.69) is 14.9 Å².